The summed E-state index contributed by atoms with van der Waals surface area (Å²) in [6.07, 6.45) is 0. The number of sulfonamides is 1. The third-order valence-electron chi connectivity index (χ3n) is 4.17. The monoisotopic (exact) mass is 461 g/mol. The van der Waals surface area contributed by atoms with E-state index in [9.17, 15) is 26.8 Å². The van der Waals surface area contributed by atoms with E-state index < -0.39 is 33.5 Å². The molecule has 11 heteroatoms. The van der Waals surface area contributed by atoms with E-state index in [1.807, 2.05) is 5.43 Å². The molecule has 0 aliphatic carbocycles. The van der Waals surface area contributed by atoms with Crippen molar-refractivity contribution in [1.82, 2.24) is 10.9 Å². The Labute approximate surface area is 182 Å². The van der Waals surface area contributed by atoms with Crippen LogP contribution in [0.5, 0.6) is 5.75 Å². The number of ether oxygens (including phenoxy) is 1. The van der Waals surface area contributed by atoms with E-state index in [1.54, 1.807) is 18.2 Å². The Morgan fingerprint density at radius 3 is 2.09 bits per heavy atom. The topological polar surface area (TPSA) is 114 Å². The molecule has 2 amide bonds. The summed E-state index contributed by atoms with van der Waals surface area (Å²) in [5.41, 5.74) is 3.85. The Kier molecular flexibility index (Phi) is 6.69. The molecule has 0 unspecified atom stereocenters. The fraction of sp³-hybridized carbons (Fsp3) is 0.0476. The predicted molar refractivity (Wildman–Crippen MR) is 112 cm³/mol. The van der Waals surface area contributed by atoms with Gasteiger partial charge in [0.25, 0.3) is 21.8 Å². The van der Waals surface area contributed by atoms with E-state index in [2.05, 4.69) is 10.1 Å². The molecule has 0 bridgehead atoms. The van der Waals surface area contributed by atoms with Crippen molar-refractivity contribution in [2.24, 2.45) is 0 Å². The fourth-order valence-electron chi connectivity index (χ4n) is 2.68. The summed E-state index contributed by atoms with van der Waals surface area (Å²) in [5.74, 6) is -3.41. The molecule has 3 N–H and O–H groups in total. The lowest BCUT2D eigenvalue weighted by molar-refractivity contribution is 0.0846. The number of hydrazine groups is 1. The maximum absolute atomic E-state index is 13.2. The van der Waals surface area contributed by atoms with Gasteiger partial charge < -0.3 is 4.74 Å². The number of carbonyl (C=O) groups excluding carboxylic acids is 2. The van der Waals surface area contributed by atoms with Gasteiger partial charge in [0.05, 0.1) is 17.7 Å². The Hall–Kier alpha value is -3.99. The lowest BCUT2D eigenvalue weighted by Crippen LogP contribution is -2.41. The predicted octanol–water partition coefficient (Wildman–Crippen LogP) is 2.85. The van der Waals surface area contributed by atoms with Gasteiger partial charge in [-0.3, -0.25) is 25.2 Å². The average molecular weight is 461 g/mol. The van der Waals surface area contributed by atoms with Crippen molar-refractivity contribution < 1.29 is 31.5 Å². The highest BCUT2D eigenvalue weighted by atomic mass is 32.2. The Balaban J connectivity index is 1.73. The second-order valence-electron chi connectivity index (χ2n) is 6.40. The minimum absolute atomic E-state index is 0.0846. The van der Waals surface area contributed by atoms with Crippen molar-refractivity contribution in [2.75, 3.05) is 11.8 Å². The summed E-state index contributed by atoms with van der Waals surface area (Å²) in [5, 5.41) is 0. The molecule has 3 rings (SSSR count). The number of amides is 2. The van der Waals surface area contributed by atoms with Gasteiger partial charge in [-0.1, -0.05) is 18.2 Å². The number of nitrogens with one attached hydrogen (secondary N) is 3. The first-order valence-electron chi connectivity index (χ1n) is 9.02. The van der Waals surface area contributed by atoms with Gasteiger partial charge in [0.15, 0.2) is 0 Å². The van der Waals surface area contributed by atoms with Crippen LogP contribution < -0.4 is 20.3 Å². The molecule has 0 aromatic heterocycles. The molecule has 0 spiro atoms. The molecule has 0 aliphatic rings. The highest BCUT2D eigenvalue weighted by Crippen LogP contribution is 2.26. The molecule has 0 aliphatic heterocycles. The smallest absolute Gasteiger partial charge is 0.269 e. The molecule has 8 nitrogen and oxygen atoms in total. The van der Waals surface area contributed by atoms with Gasteiger partial charge in [0.1, 0.15) is 17.4 Å². The highest BCUT2D eigenvalue weighted by molar-refractivity contribution is 7.92. The van der Waals surface area contributed by atoms with Crippen molar-refractivity contribution >= 4 is 27.5 Å². The van der Waals surface area contributed by atoms with Crippen LogP contribution in [0, 0.1) is 11.6 Å². The number of methoxy groups -OCH3 is 1. The number of rotatable bonds is 6. The Bertz CT molecular complexity index is 1260. The molecule has 0 fully saturated rings. The summed E-state index contributed by atoms with van der Waals surface area (Å²) in [7, 11) is -2.67. The number of para-hydroxylation sites is 2. The minimum atomic E-state index is -4.07. The first kappa shape index (κ1) is 22.7. The molecule has 0 heterocycles. The van der Waals surface area contributed by atoms with Gasteiger partial charge in [0, 0.05) is 17.2 Å². The van der Waals surface area contributed by atoms with E-state index in [-0.39, 0.29) is 21.7 Å². The molecule has 0 radical (unpaired) electrons. The number of halogens is 2. The van der Waals surface area contributed by atoms with Crippen molar-refractivity contribution in [3.05, 3.63) is 89.5 Å². The van der Waals surface area contributed by atoms with Gasteiger partial charge in [-0.15, -0.1) is 0 Å². The first-order chi connectivity index (χ1) is 15.2. The molecule has 0 saturated heterocycles. The summed E-state index contributed by atoms with van der Waals surface area (Å²) < 4.78 is 59.4. The van der Waals surface area contributed by atoms with Crippen LogP contribution in [0.3, 0.4) is 0 Å². The number of benzene rings is 3. The largest absolute Gasteiger partial charge is 0.495 e. The molecule has 0 saturated carbocycles. The van der Waals surface area contributed by atoms with Gasteiger partial charge in [0.2, 0.25) is 0 Å². The minimum Gasteiger partial charge on any atom is -0.495 e. The second kappa shape index (κ2) is 9.43. The van der Waals surface area contributed by atoms with Gasteiger partial charge in [-0.25, -0.2) is 17.2 Å². The molecule has 166 valence electrons. The molecule has 3 aromatic rings. The van der Waals surface area contributed by atoms with Crippen molar-refractivity contribution in [1.29, 1.82) is 0 Å². The second-order valence-corrected chi connectivity index (χ2v) is 8.08. The standard InChI is InChI=1S/C21H17F2N3O5S/c1-31-19-8-3-2-7-18(19)26-32(29,30)17-6-4-5-13(11-17)20(27)24-25-21(28)14-9-15(22)12-16(23)10-14/h2-12,26H,1H3,(H,24,27)(H,25,28). The zero-order chi connectivity index (χ0) is 23.3. The quantitative estimate of drug-likeness (QED) is 0.489. The summed E-state index contributed by atoms with van der Waals surface area (Å²) in [6, 6.07) is 13.6. The lowest BCUT2D eigenvalue weighted by atomic mass is 10.2. The highest BCUT2D eigenvalue weighted by Gasteiger charge is 2.19. The average Bonchev–Trinajstić information content (AvgIpc) is 2.76. The van der Waals surface area contributed by atoms with Crippen molar-refractivity contribution in [3.8, 4) is 5.75 Å². The van der Waals surface area contributed by atoms with E-state index in [4.69, 9.17) is 4.74 Å². The summed E-state index contributed by atoms with van der Waals surface area (Å²) >= 11 is 0. The van der Waals surface area contributed by atoms with Crippen LogP contribution in [0.15, 0.2) is 71.6 Å². The van der Waals surface area contributed by atoms with Crippen LogP contribution in [0.25, 0.3) is 0 Å². The Morgan fingerprint density at radius 2 is 1.44 bits per heavy atom. The van der Waals surface area contributed by atoms with Gasteiger partial charge in [-0.05, 0) is 42.5 Å². The molecular weight excluding hydrogens is 444 g/mol. The Morgan fingerprint density at radius 1 is 0.812 bits per heavy atom. The summed E-state index contributed by atoms with van der Waals surface area (Å²) in [6.45, 7) is 0. The van der Waals surface area contributed by atoms with Crippen LogP contribution in [-0.2, 0) is 10.0 Å². The number of hydrogen-bond donors (Lipinski definition) is 3. The zero-order valence-electron chi connectivity index (χ0n) is 16.6. The molecule has 0 atom stereocenters. The van der Waals surface area contributed by atoms with Gasteiger partial charge in [-0.2, -0.15) is 0 Å². The van der Waals surface area contributed by atoms with Crippen LogP contribution in [0.2, 0.25) is 0 Å². The molecule has 3 aromatic carbocycles. The van der Waals surface area contributed by atoms with E-state index in [1.165, 1.54) is 31.4 Å². The zero-order valence-corrected chi connectivity index (χ0v) is 17.4. The van der Waals surface area contributed by atoms with Crippen molar-refractivity contribution in [3.63, 3.8) is 0 Å². The SMILES string of the molecule is COc1ccccc1NS(=O)(=O)c1cccc(C(=O)NNC(=O)c2cc(F)cc(F)c2)c1. The number of anilines is 1. The van der Waals surface area contributed by atoms with E-state index in [0.29, 0.717) is 11.8 Å². The molecular formula is C21H17F2N3O5S. The van der Waals surface area contributed by atoms with Crippen molar-refractivity contribution in [2.45, 2.75) is 4.90 Å². The van der Waals surface area contributed by atoms with E-state index in [0.717, 1.165) is 18.2 Å². The maximum atomic E-state index is 13.2. The third-order valence-corrected chi connectivity index (χ3v) is 5.54. The fourth-order valence-corrected chi connectivity index (χ4v) is 3.80. The van der Waals surface area contributed by atoms with Crippen LogP contribution in [-0.4, -0.2) is 27.3 Å². The molecule has 32 heavy (non-hydrogen) atoms. The number of hydrogen-bond acceptors (Lipinski definition) is 5. The van der Waals surface area contributed by atoms with Crippen LogP contribution in [0.4, 0.5) is 14.5 Å². The number of carbonyl (C=O) groups is 2. The van der Waals surface area contributed by atoms with E-state index >= 15 is 0 Å². The van der Waals surface area contributed by atoms with Crippen LogP contribution >= 0.6 is 0 Å². The van der Waals surface area contributed by atoms with Crippen LogP contribution in [0.1, 0.15) is 20.7 Å². The lowest BCUT2D eigenvalue weighted by Gasteiger charge is -2.12. The summed E-state index contributed by atoms with van der Waals surface area (Å²) in [4.78, 5) is 24.1. The normalized spacial score (nSPS) is 10.8. The third kappa shape index (κ3) is 5.38. The van der Waals surface area contributed by atoms with Gasteiger partial charge >= 0.3 is 0 Å². The first-order valence-corrected chi connectivity index (χ1v) is 10.5. The maximum Gasteiger partial charge on any atom is 0.269 e.